The number of para-hydroxylation sites is 1. The van der Waals surface area contributed by atoms with Crippen LogP contribution in [-0.4, -0.2) is 26.4 Å². The molecule has 0 amide bonds. The minimum atomic E-state index is 0.260. The maximum atomic E-state index is 5.69. The van der Waals surface area contributed by atoms with Crippen LogP contribution >= 0.6 is 0 Å². The molecule has 0 atom stereocenters. The molecule has 1 aromatic carbocycles. The van der Waals surface area contributed by atoms with Gasteiger partial charge in [-0.1, -0.05) is 38.5 Å². The zero-order chi connectivity index (χ0) is 14.0. The van der Waals surface area contributed by atoms with E-state index < -0.39 is 0 Å². The van der Waals surface area contributed by atoms with Gasteiger partial charge >= 0.3 is 0 Å². The Morgan fingerprint density at radius 2 is 1.74 bits per heavy atom. The first-order valence-electron chi connectivity index (χ1n) is 7.10. The average Bonchev–Trinajstić information content (AvgIpc) is 2.43. The Balaban J connectivity index is 1.92. The second kappa shape index (κ2) is 8.94. The fourth-order valence-corrected chi connectivity index (χ4v) is 1.75. The summed E-state index contributed by atoms with van der Waals surface area (Å²) in [6, 6.07) is 9.82. The van der Waals surface area contributed by atoms with Crippen LogP contribution in [0.25, 0.3) is 0 Å². The molecule has 0 saturated heterocycles. The maximum Gasteiger partial charge on any atom is 0.119 e. The van der Waals surface area contributed by atoms with E-state index in [4.69, 9.17) is 15.2 Å². The minimum Gasteiger partial charge on any atom is -0.491 e. The van der Waals surface area contributed by atoms with Crippen LogP contribution in [0.5, 0.6) is 5.75 Å². The third-order valence-electron chi connectivity index (χ3n) is 3.18. The maximum absolute atomic E-state index is 5.69. The van der Waals surface area contributed by atoms with E-state index in [0.717, 1.165) is 31.7 Å². The van der Waals surface area contributed by atoms with E-state index in [-0.39, 0.29) is 5.41 Å². The smallest absolute Gasteiger partial charge is 0.119 e. The lowest BCUT2D eigenvalue weighted by atomic mass is 9.87. The van der Waals surface area contributed by atoms with Gasteiger partial charge in [0.25, 0.3) is 0 Å². The van der Waals surface area contributed by atoms with E-state index in [2.05, 4.69) is 13.8 Å². The summed E-state index contributed by atoms with van der Waals surface area (Å²) in [6.07, 6.45) is 3.42. The van der Waals surface area contributed by atoms with Crippen molar-refractivity contribution in [1.82, 2.24) is 0 Å². The molecule has 0 fully saturated rings. The highest BCUT2D eigenvalue weighted by molar-refractivity contribution is 5.20. The van der Waals surface area contributed by atoms with Gasteiger partial charge < -0.3 is 15.2 Å². The molecule has 1 aromatic rings. The number of unbranched alkanes of at least 4 members (excludes halogenated alkanes) is 1. The molecule has 0 aliphatic rings. The fraction of sp³-hybridized carbons (Fsp3) is 0.625. The lowest BCUT2D eigenvalue weighted by Gasteiger charge is -2.21. The molecule has 0 unspecified atom stereocenters. The average molecular weight is 265 g/mol. The Kier molecular flexibility index (Phi) is 7.53. The van der Waals surface area contributed by atoms with Crippen molar-refractivity contribution >= 4 is 0 Å². The van der Waals surface area contributed by atoms with Crippen LogP contribution in [0.4, 0.5) is 0 Å². The number of ether oxygens (including phenoxy) is 2. The van der Waals surface area contributed by atoms with Crippen molar-refractivity contribution in [3.8, 4) is 5.75 Å². The fourth-order valence-electron chi connectivity index (χ4n) is 1.75. The molecule has 2 N–H and O–H groups in total. The lowest BCUT2D eigenvalue weighted by molar-refractivity contribution is 0.0955. The number of nitrogens with two attached hydrogens (primary N) is 1. The summed E-state index contributed by atoms with van der Waals surface area (Å²) in [5, 5.41) is 0. The molecule has 0 radical (unpaired) electrons. The Morgan fingerprint density at radius 1 is 1.00 bits per heavy atom. The quantitative estimate of drug-likeness (QED) is 0.661. The Labute approximate surface area is 117 Å². The third kappa shape index (κ3) is 7.85. The van der Waals surface area contributed by atoms with E-state index in [1.807, 2.05) is 30.3 Å². The number of hydrogen-bond donors (Lipinski definition) is 1. The summed E-state index contributed by atoms with van der Waals surface area (Å²) in [7, 11) is 0. The van der Waals surface area contributed by atoms with E-state index in [1.165, 1.54) is 6.42 Å². The van der Waals surface area contributed by atoms with Gasteiger partial charge in [0.15, 0.2) is 0 Å². The van der Waals surface area contributed by atoms with Crippen LogP contribution in [0.2, 0.25) is 0 Å². The predicted octanol–water partition coefficient (Wildman–Crippen LogP) is 3.24. The van der Waals surface area contributed by atoms with Gasteiger partial charge in [0.05, 0.1) is 6.61 Å². The van der Waals surface area contributed by atoms with Gasteiger partial charge in [0.2, 0.25) is 0 Å². The highest BCUT2D eigenvalue weighted by Gasteiger charge is 2.14. The zero-order valence-electron chi connectivity index (χ0n) is 12.2. The summed E-state index contributed by atoms with van der Waals surface area (Å²) in [6.45, 7) is 7.23. The van der Waals surface area contributed by atoms with Gasteiger partial charge in [-0.2, -0.15) is 0 Å². The second-order valence-corrected chi connectivity index (χ2v) is 5.60. The van der Waals surface area contributed by atoms with E-state index in [0.29, 0.717) is 13.2 Å². The Morgan fingerprint density at radius 3 is 2.42 bits per heavy atom. The van der Waals surface area contributed by atoms with Crippen LogP contribution in [0, 0.1) is 5.41 Å². The number of benzene rings is 1. The van der Waals surface area contributed by atoms with E-state index in [1.54, 1.807) is 0 Å². The molecular formula is C16H27NO2. The standard InChI is InChI=1S/C16H27NO2/c1-16(2,14-17)10-6-7-11-18-12-13-19-15-8-4-3-5-9-15/h3-5,8-9H,6-7,10-14,17H2,1-2H3. The highest BCUT2D eigenvalue weighted by atomic mass is 16.5. The van der Waals surface area contributed by atoms with Gasteiger partial charge in [0.1, 0.15) is 12.4 Å². The molecule has 0 saturated carbocycles. The molecule has 0 heterocycles. The lowest BCUT2D eigenvalue weighted by Crippen LogP contribution is -2.23. The molecular weight excluding hydrogens is 238 g/mol. The van der Waals surface area contributed by atoms with Crippen molar-refractivity contribution in [2.45, 2.75) is 33.1 Å². The van der Waals surface area contributed by atoms with Crippen molar-refractivity contribution in [3.05, 3.63) is 30.3 Å². The summed E-state index contributed by atoms with van der Waals surface area (Å²) in [4.78, 5) is 0. The van der Waals surface area contributed by atoms with Crippen molar-refractivity contribution in [1.29, 1.82) is 0 Å². The molecule has 0 bridgehead atoms. The van der Waals surface area contributed by atoms with Crippen LogP contribution in [-0.2, 0) is 4.74 Å². The van der Waals surface area contributed by atoms with Gasteiger partial charge in [-0.15, -0.1) is 0 Å². The van der Waals surface area contributed by atoms with Crippen molar-refractivity contribution < 1.29 is 9.47 Å². The summed E-state index contributed by atoms with van der Waals surface area (Å²) < 4.78 is 11.1. The van der Waals surface area contributed by atoms with Crippen molar-refractivity contribution in [2.24, 2.45) is 11.1 Å². The first-order valence-corrected chi connectivity index (χ1v) is 7.10. The Hall–Kier alpha value is -1.06. The molecule has 0 aliphatic heterocycles. The highest BCUT2D eigenvalue weighted by Crippen LogP contribution is 2.20. The van der Waals surface area contributed by atoms with Gasteiger partial charge in [-0.25, -0.2) is 0 Å². The molecule has 1 rings (SSSR count). The minimum absolute atomic E-state index is 0.260. The third-order valence-corrected chi connectivity index (χ3v) is 3.18. The SMILES string of the molecule is CC(C)(CN)CCCCOCCOc1ccccc1. The van der Waals surface area contributed by atoms with Gasteiger partial charge in [0, 0.05) is 6.61 Å². The number of rotatable bonds is 10. The van der Waals surface area contributed by atoms with E-state index >= 15 is 0 Å². The molecule has 3 nitrogen and oxygen atoms in total. The summed E-state index contributed by atoms with van der Waals surface area (Å²) >= 11 is 0. The zero-order valence-corrected chi connectivity index (χ0v) is 12.2. The second-order valence-electron chi connectivity index (χ2n) is 5.60. The predicted molar refractivity (Wildman–Crippen MR) is 79.4 cm³/mol. The summed E-state index contributed by atoms with van der Waals surface area (Å²) in [5.74, 6) is 0.899. The topological polar surface area (TPSA) is 44.5 Å². The first kappa shape index (κ1) is 16.0. The molecule has 0 aromatic heterocycles. The molecule has 0 spiro atoms. The molecule has 108 valence electrons. The van der Waals surface area contributed by atoms with Gasteiger partial charge in [-0.05, 0) is 36.9 Å². The monoisotopic (exact) mass is 265 g/mol. The van der Waals surface area contributed by atoms with Crippen molar-refractivity contribution in [3.63, 3.8) is 0 Å². The van der Waals surface area contributed by atoms with Crippen LogP contribution < -0.4 is 10.5 Å². The molecule has 3 heteroatoms. The van der Waals surface area contributed by atoms with Crippen LogP contribution in [0.15, 0.2) is 30.3 Å². The van der Waals surface area contributed by atoms with E-state index in [9.17, 15) is 0 Å². The normalized spacial score (nSPS) is 11.5. The summed E-state index contributed by atoms with van der Waals surface area (Å²) in [5.41, 5.74) is 5.95. The number of hydrogen-bond acceptors (Lipinski definition) is 3. The van der Waals surface area contributed by atoms with Crippen LogP contribution in [0.1, 0.15) is 33.1 Å². The van der Waals surface area contributed by atoms with Gasteiger partial charge in [-0.3, -0.25) is 0 Å². The molecule has 0 aliphatic carbocycles. The van der Waals surface area contributed by atoms with Crippen LogP contribution in [0.3, 0.4) is 0 Å². The molecule has 19 heavy (non-hydrogen) atoms. The Bertz CT molecular complexity index is 325. The van der Waals surface area contributed by atoms with Crippen molar-refractivity contribution in [2.75, 3.05) is 26.4 Å². The largest absolute Gasteiger partial charge is 0.491 e. The first-order chi connectivity index (χ1) is 9.14.